The summed E-state index contributed by atoms with van der Waals surface area (Å²) in [7, 11) is 1.63. The smallest absolute Gasteiger partial charge is 0.329 e. The SMILES string of the molecule is CCOCCn1c(N2CCN(CC=Cc3ccccc3)CC2)nc2c1c(=O)[nH]c(=O)n2C. The summed E-state index contributed by atoms with van der Waals surface area (Å²) < 4.78 is 8.80. The number of hydrogen-bond acceptors (Lipinski definition) is 6. The number of ether oxygens (including phenoxy) is 1. The van der Waals surface area contributed by atoms with Crippen LogP contribution in [0.25, 0.3) is 17.2 Å². The normalized spacial score (nSPS) is 15.2. The molecule has 1 fully saturated rings. The van der Waals surface area contributed by atoms with E-state index in [2.05, 4.69) is 39.1 Å². The number of imidazole rings is 1. The van der Waals surface area contributed by atoms with Crippen molar-refractivity contribution in [3.63, 3.8) is 0 Å². The lowest BCUT2D eigenvalue weighted by atomic mass is 10.2. The van der Waals surface area contributed by atoms with E-state index < -0.39 is 11.2 Å². The van der Waals surface area contributed by atoms with Crippen LogP contribution in [0.2, 0.25) is 0 Å². The van der Waals surface area contributed by atoms with Crippen molar-refractivity contribution in [2.45, 2.75) is 13.5 Å². The summed E-state index contributed by atoms with van der Waals surface area (Å²) >= 11 is 0. The third-order valence-electron chi connectivity index (χ3n) is 5.78. The highest BCUT2D eigenvalue weighted by Crippen LogP contribution is 2.21. The summed E-state index contributed by atoms with van der Waals surface area (Å²) in [6.07, 6.45) is 4.34. The summed E-state index contributed by atoms with van der Waals surface area (Å²) in [4.78, 5) is 36.3. The van der Waals surface area contributed by atoms with Crippen molar-refractivity contribution in [1.82, 2.24) is 24.0 Å². The minimum atomic E-state index is -0.460. The number of aromatic nitrogens is 4. The molecule has 2 aromatic heterocycles. The first-order valence-corrected chi connectivity index (χ1v) is 11.0. The van der Waals surface area contributed by atoms with Gasteiger partial charge in [0.05, 0.1) is 6.61 Å². The van der Waals surface area contributed by atoms with Crippen LogP contribution in [0, 0.1) is 0 Å². The van der Waals surface area contributed by atoms with Crippen molar-refractivity contribution in [2.75, 3.05) is 50.8 Å². The summed E-state index contributed by atoms with van der Waals surface area (Å²) in [6, 6.07) is 10.3. The number of hydrogen-bond donors (Lipinski definition) is 1. The van der Waals surface area contributed by atoms with E-state index in [4.69, 9.17) is 9.72 Å². The second-order valence-electron chi connectivity index (χ2n) is 7.85. The number of piperazine rings is 1. The molecule has 1 N–H and O–H groups in total. The fourth-order valence-electron chi connectivity index (χ4n) is 4.01. The average Bonchev–Trinajstić information content (AvgIpc) is 3.19. The Balaban J connectivity index is 1.51. The fraction of sp³-hybridized carbons (Fsp3) is 0.435. The highest BCUT2D eigenvalue weighted by molar-refractivity contribution is 5.74. The molecule has 0 saturated carbocycles. The maximum atomic E-state index is 12.6. The molecule has 32 heavy (non-hydrogen) atoms. The number of benzene rings is 1. The zero-order valence-electron chi connectivity index (χ0n) is 18.7. The molecule has 0 bridgehead atoms. The zero-order valence-corrected chi connectivity index (χ0v) is 18.7. The van der Waals surface area contributed by atoms with Crippen LogP contribution in [0.1, 0.15) is 12.5 Å². The van der Waals surface area contributed by atoms with E-state index in [9.17, 15) is 9.59 Å². The van der Waals surface area contributed by atoms with Crippen LogP contribution in [0.15, 0.2) is 46.0 Å². The van der Waals surface area contributed by atoms with Crippen molar-refractivity contribution in [2.24, 2.45) is 7.05 Å². The molecular formula is C23H30N6O3. The minimum Gasteiger partial charge on any atom is -0.380 e. The monoisotopic (exact) mass is 438 g/mol. The molecule has 3 aromatic rings. The lowest BCUT2D eigenvalue weighted by molar-refractivity contribution is 0.140. The number of rotatable bonds is 8. The van der Waals surface area contributed by atoms with Crippen LogP contribution < -0.4 is 16.1 Å². The van der Waals surface area contributed by atoms with Crippen molar-refractivity contribution in [3.05, 3.63) is 62.8 Å². The Hall–Kier alpha value is -3.17. The molecule has 9 heteroatoms. The minimum absolute atomic E-state index is 0.401. The first-order valence-electron chi connectivity index (χ1n) is 11.0. The lowest BCUT2D eigenvalue weighted by Crippen LogP contribution is -2.47. The van der Waals surface area contributed by atoms with Gasteiger partial charge >= 0.3 is 5.69 Å². The molecule has 0 spiro atoms. The molecule has 1 aromatic carbocycles. The molecule has 0 radical (unpaired) electrons. The number of aryl methyl sites for hydroxylation is 1. The Labute approximate surface area is 186 Å². The van der Waals surface area contributed by atoms with E-state index in [-0.39, 0.29) is 0 Å². The standard InChI is InChI=1S/C23H30N6O3/c1-3-32-17-16-29-19-20(26(2)23(31)25-21(19)30)24-22(29)28-14-12-27(13-15-28)11-7-10-18-8-5-4-6-9-18/h4-10H,3,11-17H2,1-2H3,(H,25,30,31). The van der Waals surface area contributed by atoms with Crippen LogP contribution in [0.4, 0.5) is 5.95 Å². The van der Waals surface area contributed by atoms with Gasteiger partial charge in [-0.1, -0.05) is 42.5 Å². The van der Waals surface area contributed by atoms with Crippen molar-refractivity contribution < 1.29 is 4.74 Å². The van der Waals surface area contributed by atoms with Gasteiger partial charge in [0.15, 0.2) is 11.2 Å². The largest absolute Gasteiger partial charge is 0.380 e. The van der Waals surface area contributed by atoms with Gasteiger partial charge < -0.3 is 14.2 Å². The maximum absolute atomic E-state index is 12.6. The van der Waals surface area contributed by atoms with Gasteiger partial charge in [0.1, 0.15) is 0 Å². The number of H-pyrrole nitrogens is 1. The quantitative estimate of drug-likeness (QED) is 0.534. The first kappa shape index (κ1) is 22.0. The van der Waals surface area contributed by atoms with E-state index in [1.54, 1.807) is 7.05 Å². The van der Waals surface area contributed by atoms with Gasteiger partial charge in [-0.25, -0.2) is 4.79 Å². The Bertz CT molecular complexity index is 1190. The van der Waals surface area contributed by atoms with Crippen LogP contribution in [-0.2, 0) is 18.3 Å². The molecule has 0 unspecified atom stereocenters. The summed E-state index contributed by atoms with van der Waals surface area (Å²) in [5.74, 6) is 0.714. The molecule has 0 aliphatic carbocycles. The van der Waals surface area contributed by atoms with E-state index >= 15 is 0 Å². The number of nitrogens with one attached hydrogen (secondary N) is 1. The summed E-state index contributed by atoms with van der Waals surface area (Å²) in [5.41, 5.74) is 1.14. The maximum Gasteiger partial charge on any atom is 0.329 e. The average molecular weight is 439 g/mol. The summed E-state index contributed by atoms with van der Waals surface area (Å²) in [6.45, 7) is 7.78. The number of aromatic amines is 1. The Morgan fingerprint density at radius 3 is 2.59 bits per heavy atom. The van der Waals surface area contributed by atoms with Gasteiger partial charge in [-0.2, -0.15) is 4.98 Å². The van der Waals surface area contributed by atoms with Gasteiger partial charge in [0, 0.05) is 52.9 Å². The molecule has 0 atom stereocenters. The second-order valence-corrected chi connectivity index (χ2v) is 7.85. The Morgan fingerprint density at radius 1 is 1.12 bits per heavy atom. The highest BCUT2D eigenvalue weighted by atomic mass is 16.5. The predicted molar refractivity (Wildman–Crippen MR) is 126 cm³/mol. The molecular weight excluding hydrogens is 408 g/mol. The number of fused-ring (bicyclic) bond motifs is 1. The van der Waals surface area contributed by atoms with Crippen molar-refractivity contribution in [3.8, 4) is 0 Å². The second kappa shape index (κ2) is 9.97. The molecule has 1 aliphatic rings. The molecule has 3 heterocycles. The third kappa shape index (κ3) is 4.68. The van der Waals surface area contributed by atoms with Crippen molar-refractivity contribution >= 4 is 23.2 Å². The van der Waals surface area contributed by atoms with Gasteiger partial charge in [0.25, 0.3) is 5.56 Å². The van der Waals surface area contributed by atoms with Gasteiger partial charge in [-0.15, -0.1) is 0 Å². The van der Waals surface area contributed by atoms with Crippen LogP contribution in [0.3, 0.4) is 0 Å². The predicted octanol–water partition coefficient (Wildman–Crippen LogP) is 1.30. The highest BCUT2D eigenvalue weighted by Gasteiger charge is 2.24. The third-order valence-corrected chi connectivity index (χ3v) is 5.78. The van der Waals surface area contributed by atoms with Gasteiger partial charge in [0.2, 0.25) is 5.95 Å². The molecule has 9 nitrogen and oxygen atoms in total. The lowest BCUT2D eigenvalue weighted by Gasteiger charge is -2.35. The van der Waals surface area contributed by atoms with Crippen LogP contribution in [-0.4, -0.2) is 69.9 Å². The molecule has 0 amide bonds. The summed E-state index contributed by atoms with van der Waals surface area (Å²) in [5, 5.41) is 0. The van der Waals surface area contributed by atoms with Crippen molar-refractivity contribution in [1.29, 1.82) is 0 Å². The molecule has 1 saturated heterocycles. The van der Waals surface area contributed by atoms with Gasteiger partial charge in [-0.05, 0) is 12.5 Å². The fourth-order valence-corrected chi connectivity index (χ4v) is 4.01. The number of anilines is 1. The van der Waals surface area contributed by atoms with E-state index in [1.165, 1.54) is 10.1 Å². The first-order chi connectivity index (χ1) is 15.6. The van der Waals surface area contributed by atoms with Crippen LogP contribution >= 0.6 is 0 Å². The molecule has 4 rings (SSSR count). The van der Waals surface area contributed by atoms with Gasteiger partial charge in [-0.3, -0.25) is 19.2 Å². The van der Waals surface area contributed by atoms with Crippen LogP contribution in [0.5, 0.6) is 0 Å². The van der Waals surface area contributed by atoms with E-state index in [0.717, 1.165) is 32.7 Å². The molecule has 170 valence electrons. The van der Waals surface area contributed by atoms with E-state index in [0.29, 0.717) is 36.9 Å². The zero-order chi connectivity index (χ0) is 22.5. The van der Waals surface area contributed by atoms with E-state index in [1.807, 2.05) is 29.7 Å². The molecule has 1 aliphatic heterocycles. The topological polar surface area (TPSA) is 88.4 Å². The Morgan fingerprint density at radius 2 is 1.88 bits per heavy atom. The number of nitrogens with zero attached hydrogens (tertiary/aromatic N) is 5. The Kier molecular flexibility index (Phi) is 6.87.